The number of phenols is 1. The zero-order valence-corrected chi connectivity index (χ0v) is 34.8. The van der Waals surface area contributed by atoms with E-state index in [1.54, 1.807) is 18.2 Å². The summed E-state index contributed by atoms with van der Waals surface area (Å²) in [5.41, 5.74) is 12.1. The van der Waals surface area contributed by atoms with E-state index in [9.17, 15) is 9.90 Å². The predicted molar refractivity (Wildman–Crippen MR) is 218 cm³/mol. The maximum atomic E-state index is 10.9. The summed E-state index contributed by atoms with van der Waals surface area (Å²) < 4.78 is 9.14. The van der Waals surface area contributed by atoms with Crippen LogP contribution < -0.4 is 10.5 Å². The third-order valence-corrected chi connectivity index (χ3v) is 10.5. The Hall–Kier alpha value is -0.950. The Labute approximate surface area is 321 Å². The van der Waals surface area contributed by atoms with Crippen LogP contribution in [0.4, 0.5) is 0 Å². The highest BCUT2D eigenvalue weighted by molar-refractivity contribution is 14.1. The molecule has 0 fully saturated rings. The van der Waals surface area contributed by atoms with Crippen LogP contribution in [0.2, 0.25) is 0 Å². The van der Waals surface area contributed by atoms with Gasteiger partial charge in [-0.25, -0.2) is 0 Å². The molecule has 0 aromatic heterocycles. The minimum atomic E-state index is -1.02. The van der Waals surface area contributed by atoms with Crippen molar-refractivity contribution in [2.75, 3.05) is 6.61 Å². The van der Waals surface area contributed by atoms with Crippen LogP contribution in [0, 0.1) is 19.7 Å². The number of allylic oxidation sites excluding steroid dienone is 9. The Morgan fingerprint density at radius 3 is 2.16 bits per heavy atom. The minimum Gasteiger partial charge on any atom is -0.506 e. The first-order valence-corrected chi connectivity index (χ1v) is 18.7. The number of carbonyl (C=O) groups is 1. The third kappa shape index (κ3) is 13.2. The van der Waals surface area contributed by atoms with Crippen molar-refractivity contribution in [1.29, 1.82) is 0 Å². The van der Waals surface area contributed by atoms with E-state index in [0.29, 0.717) is 24.1 Å². The molecule has 0 spiro atoms. The highest BCUT2D eigenvalue weighted by atomic mass is 127. The molecule has 45 heavy (non-hydrogen) atoms. The smallest absolute Gasteiger partial charge is 0.320 e. The first kappa shape index (κ1) is 40.2. The van der Waals surface area contributed by atoms with Crippen LogP contribution in [0.5, 0.6) is 17.2 Å². The Bertz CT molecular complexity index is 1480. The molecular formula is C35H41I4NO5. The predicted octanol–water partition coefficient (Wildman–Crippen LogP) is 10.1. The molecule has 1 aliphatic carbocycles. The number of hydrogen-bond acceptors (Lipinski definition) is 5. The standard InChI is InChI=1S/C20H30O.C15H11I4NO4/c1-16(8-6-9-17(2)13-15-21)11-12-19-18(3)10-7-14-20(19,4)5;16-8-4-7(5-9(17)13(8)21)24-14-10(18)1-6(2-11(14)19)3-12(20)15(22)23/h6,8-9,11-13,21H,7,10,14-15H2,1-5H3;1-2,4-5,12,21H,3,20H2,(H,22,23)/b9-6+,12-11+,16-8+,17-13+;/t;12-/m.0/s1. The number of phenolic OH excluding ortho intramolecular Hbond substituents is 1. The molecule has 0 unspecified atom stereocenters. The van der Waals surface area contributed by atoms with E-state index in [1.165, 1.54) is 36.0 Å². The van der Waals surface area contributed by atoms with Crippen molar-refractivity contribution >= 4 is 96.3 Å². The number of benzene rings is 2. The molecule has 1 aliphatic rings. The molecule has 6 nitrogen and oxygen atoms in total. The number of hydrogen-bond donors (Lipinski definition) is 4. The summed E-state index contributed by atoms with van der Waals surface area (Å²) in [7, 11) is 0. The van der Waals surface area contributed by atoms with Gasteiger partial charge in [-0.2, -0.15) is 0 Å². The highest BCUT2D eigenvalue weighted by Gasteiger charge is 2.26. The lowest BCUT2D eigenvalue weighted by Crippen LogP contribution is -2.32. The maximum Gasteiger partial charge on any atom is 0.320 e. The summed E-state index contributed by atoms with van der Waals surface area (Å²) in [6.07, 6.45) is 16.5. The Kier molecular flexibility index (Phi) is 17.1. The third-order valence-electron chi connectivity index (χ3n) is 7.23. The minimum absolute atomic E-state index is 0.0985. The molecule has 1 atom stereocenters. The van der Waals surface area contributed by atoms with Gasteiger partial charge in [-0.05, 0) is 178 Å². The average Bonchev–Trinajstić information content (AvgIpc) is 2.93. The highest BCUT2D eigenvalue weighted by Crippen LogP contribution is 2.41. The van der Waals surface area contributed by atoms with Crippen LogP contribution >= 0.6 is 90.4 Å². The number of aliphatic carboxylic acids is 1. The van der Waals surface area contributed by atoms with E-state index < -0.39 is 12.0 Å². The summed E-state index contributed by atoms with van der Waals surface area (Å²) in [5.74, 6) is 0.549. The normalized spacial score (nSPS) is 16.2. The molecule has 0 saturated carbocycles. The second kappa shape index (κ2) is 19.1. The summed E-state index contributed by atoms with van der Waals surface area (Å²) in [5, 5.41) is 27.6. The molecule has 2 aromatic rings. The summed E-state index contributed by atoms with van der Waals surface area (Å²) in [6, 6.07) is 6.34. The van der Waals surface area contributed by atoms with Crippen molar-refractivity contribution in [3.05, 3.63) is 103 Å². The quantitative estimate of drug-likeness (QED) is 0.139. The van der Waals surface area contributed by atoms with E-state index >= 15 is 0 Å². The van der Waals surface area contributed by atoms with Gasteiger partial charge >= 0.3 is 5.97 Å². The molecule has 3 rings (SSSR count). The van der Waals surface area contributed by atoms with Crippen molar-refractivity contribution in [3.8, 4) is 17.2 Å². The molecule has 0 saturated heterocycles. The first-order chi connectivity index (χ1) is 21.0. The van der Waals surface area contributed by atoms with Gasteiger partial charge in [0.1, 0.15) is 17.5 Å². The Balaban J connectivity index is 0.000000317. The SMILES string of the molecule is CC1=C(/C=C/C(C)=C/C=C/C(C)=C/CO)C(C)(C)CCC1.N[C@@H](Cc1cc(I)c(Oc2cc(I)c(O)c(I)c2)c(I)c1)C(=O)O. The molecule has 2 aromatic carbocycles. The van der Waals surface area contributed by atoms with Crippen molar-refractivity contribution in [1.82, 2.24) is 0 Å². The fraction of sp³-hybridized carbons (Fsp3) is 0.343. The van der Waals surface area contributed by atoms with Crippen LogP contribution in [-0.2, 0) is 11.2 Å². The topological polar surface area (TPSA) is 113 Å². The summed E-state index contributed by atoms with van der Waals surface area (Å²) in [6.45, 7) is 11.2. The molecule has 0 amide bonds. The lowest BCUT2D eigenvalue weighted by atomic mass is 9.72. The van der Waals surface area contributed by atoms with Gasteiger partial charge in [0.2, 0.25) is 0 Å². The number of halogens is 4. The van der Waals surface area contributed by atoms with Gasteiger partial charge in [-0.15, -0.1) is 0 Å². The number of aromatic hydroxyl groups is 1. The second-order valence-corrected chi connectivity index (χ2v) is 16.2. The lowest BCUT2D eigenvalue weighted by molar-refractivity contribution is -0.138. The number of carboxylic acid groups (broad SMARTS) is 1. The number of aliphatic hydroxyl groups is 1. The van der Waals surface area contributed by atoms with Crippen molar-refractivity contribution < 1.29 is 24.9 Å². The van der Waals surface area contributed by atoms with Crippen LogP contribution in [0.15, 0.2) is 83.0 Å². The van der Waals surface area contributed by atoms with E-state index in [-0.39, 0.29) is 18.8 Å². The van der Waals surface area contributed by atoms with Gasteiger partial charge in [0.05, 0.1) is 20.9 Å². The fourth-order valence-electron chi connectivity index (χ4n) is 4.73. The molecular weight excluding hydrogens is 1020 g/mol. The molecule has 10 heteroatoms. The second-order valence-electron chi connectivity index (χ2n) is 11.5. The zero-order chi connectivity index (χ0) is 33.9. The van der Waals surface area contributed by atoms with Crippen molar-refractivity contribution in [3.63, 3.8) is 0 Å². The van der Waals surface area contributed by atoms with Crippen LogP contribution in [0.1, 0.15) is 59.4 Å². The molecule has 0 aliphatic heterocycles. The van der Waals surface area contributed by atoms with Gasteiger partial charge in [0, 0.05) is 0 Å². The van der Waals surface area contributed by atoms with Gasteiger partial charge in [0.25, 0.3) is 0 Å². The molecule has 0 heterocycles. The Morgan fingerprint density at radius 2 is 1.62 bits per heavy atom. The van der Waals surface area contributed by atoms with E-state index in [2.05, 4.69) is 136 Å². The monoisotopic (exact) mass is 1060 g/mol. The van der Waals surface area contributed by atoms with Gasteiger partial charge in [-0.3, -0.25) is 4.79 Å². The average molecular weight is 1060 g/mol. The molecule has 0 radical (unpaired) electrons. The number of carboxylic acids is 1. The van der Waals surface area contributed by atoms with Crippen molar-refractivity contribution in [2.45, 2.75) is 66.3 Å². The summed E-state index contributed by atoms with van der Waals surface area (Å²) in [4.78, 5) is 10.9. The molecule has 0 bridgehead atoms. The zero-order valence-electron chi connectivity index (χ0n) is 26.1. The molecule has 244 valence electrons. The largest absolute Gasteiger partial charge is 0.506 e. The van der Waals surface area contributed by atoms with Gasteiger partial charge < -0.3 is 25.8 Å². The maximum absolute atomic E-state index is 10.9. The first-order valence-electron chi connectivity index (χ1n) is 14.4. The van der Waals surface area contributed by atoms with Crippen molar-refractivity contribution in [2.24, 2.45) is 11.1 Å². The van der Waals surface area contributed by atoms with Crippen LogP contribution in [0.25, 0.3) is 0 Å². The number of rotatable bonds is 10. The summed E-state index contributed by atoms with van der Waals surface area (Å²) >= 11 is 8.42. The van der Waals surface area contributed by atoms with Gasteiger partial charge in [0.15, 0.2) is 5.75 Å². The Morgan fingerprint density at radius 1 is 1.02 bits per heavy atom. The van der Waals surface area contributed by atoms with Gasteiger partial charge in [-0.1, -0.05) is 67.0 Å². The number of ether oxygens (including phenoxy) is 1. The molecule has 5 N–H and O–H groups in total. The number of aliphatic hydroxyl groups excluding tert-OH is 1. The van der Waals surface area contributed by atoms with Crippen LogP contribution in [-0.4, -0.2) is 33.9 Å². The van der Waals surface area contributed by atoms with Crippen LogP contribution in [0.3, 0.4) is 0 Å². The van der Waals surface area contributed by atoms with E-state index in [4.69, 9.17) is 20.7 Å². The number of nitrogens with two attached hydrogens (primary N) is 1. The fourth-order valence-corrected chi connectivity index (χ4v) is 8.56. The van der Waals surface area contributed by atoms with E-state index in [1.807, 2.05) is 31.2 Å². The van der Waals surface area contributed by atoms with E-state index in [0.717, 1.165) is 18.3 Å². The lowest BCUT2D eigenvalue weighted by Gasteiger charge is -2.32.